The van der Waals surface area contributed by atoms with Gasteiger partial charge in [0, 0.05) is 12.7 Å². The van der Waals surface area contributed by atoms with Crippen LogP contribution in [0.15, 0.2) is 29.1 Å². The van der Waals surface area contributed by atoms with Crippen LogP contribution in [0.4, 0.5) is 21.2 Å². The Balaban J connectivity index is 2.26. The topological polar surface area (TPSA) is 86.0 Å². The van der Waals surface area contributed by atoms with E-state index in [4.69, 9.17) is 0 Å². The number of carbonyl (C=O) groups excluding carboxylic acids is 1. The summed E-state index contributed by atoms with van der Waals surface area (Å²) in [4.78, 5) is 23.1. The van der Waals surface area contributed by atoms with Crippen molar-refractivity contribution in [2.45, 2.75) is 19.8 Å². The fraction of sp³-hybridized carbons (Fsp3) is 0.286. The number of benzene rings is 1. The van der Waals surface area contributed by atoms with Crippen LogP contribution in [0, 0.1) is 0 Å². The van der Waals surface area contributed by atoms with Crippen molar-refractivity contribution in [3.63, 3.8) is 0 Å². The predicted molar refractivity (Wildman–Crippen MR) is 86.8 cm³/mol. The van der Waals surface area contributed by atoms with Gasteiger partial charge in [-0.15, -0.1) is 0 Å². The maximum atomic E-state index is 11.7. The van der Waals surface area contributed by atoms with Crippen LogP contribution >= 0.6 is 11.5 Å². The number of nitrogens with one attached hydrogen (secondary N) is 4. The summed E-state index contributed by atoms with van der Waals surface area (Å²) in [6, 6.07) is 7.52. The van der Waals surface area contributed by atoms with Gasteiger partial charge in [0.25, 0.3) is 5.56 Å². The molecule has 0 aliphatic heterocycles. The van der Waals surface area contributed by atoms with Crippen LogP contribution in [0.2, 0.25) is 0 Å². The van der Waals surface area contributed by atoms with Gasteiger partial charge in [-0.05, 0) is 35.1 Å². The van der Waals surface area contributed by atoms with Gasteiger partial charge in [-0.1, -0.05) is 26.0 Å². The molecule has 6 nitrogen and oxygen atoms in total. The molecule has 2 aromatic rings. The van der Waals surface area contributed by atoms with E-state index in [2.05, 4.69) is 40.2 Å². The van der Waals surface area contributed by atoms with Crippen LogP contribution in [-0.4, -0.2) is 17.5 Å². The van der Waals surface area contributed by atoms with Gasteiger partial charge >= 0.3 is 6.03 Å². The fourth-order valence-electron chi connectivity index (χ4n) is 1.79. The minimum Gasteiger partial charge on any atom is -0.344 e. The molecule has 0 aliphatic rings. The molecule has 1 aromatic carbocycles. The lowest BCUT2D eigenvalue weighted by atomic mass is 10.0. The largest absolute Gasteiger partial charge is 0.344 e. The predicted octanol–water partition coefficient (Wildman–Crippen LogP) is 3.05. The van der Waals surface area contributed by atoms with Gasteiger partial charge in [0.15, 0.2) is 0 Å². The number of hydrogen-bond acceptors (Lipinski definition) is 4. The summed E-state index contributed by atoms with van der Waals surface area (Å²) >= 11 is 1.15. The van der Waals surface area contributed by atoms with E-state index < -0.39 is 6.03 Å². The molecule has 0 fully saturated rings. The monoisotopic (exact) mass is 306 g/mol. The fourth-order valence-corrected chi connectivity index (χ4v) is 2.50. The summed E-state index contributed by atoms with van der Waals surface area (Å²) in [5, 5.41) is 8.68. The second-order valence-electron chi connectivity index (χ2n) is 4.85. The van der Waals surface area contributed by atoms with Crippen LogP contribution in [0.1, 0.15) is 25.3 Å². The number of amides is 2. The molecule has 1 aromatic heterocycles. The lowest BCUT2D eigenvalue weighted by Gasteiger charge is -2.10. The van der Waals surface area contributed by atoms with Crippen LogP contribution < -0.4 is 21.5 Å². The number of hydrogen-bond donors (Lipinski definition) is 4. The zero-order valence-corrected chi connectivity index (χ0v) is 12.9. The van der Waals surface area contributed by atoms with Gasteiger partial charge < -0.3 is 16.0 Å². The lowest BCUT2D eigenvalue weighted by Crippen LogP contribution is -2.27. The maximum absolute atomic E-state index is 11.7. The minimum atomic E-state index is -0.433. The number of anilines is 3. The van der Waals surface area contributed by atoms with Crippen molar-refractivity contribution in [2.24, 2.45) is 0 Å². The summed E-state index contributed by atoms with van der Waals surface area (Å²) in [6.45, 7) is 4.23. The second-order valence-corrected chi connectivity index (χ2v) is 5.66. The lowest BCUT2D eigenvalue weighted by molar-refractivity contribution is 0.254. The Kier molecular flexibility index (Phi) is 4.64. The number of carbonyl (C=O) groups is 1. The molecule has 21 heavy (non-hydrogen) atoms. The Morgan fingerprint density at radius 1 is 1.33 bits per heavy atom. The number of rotatable bonds is 4. The molecule has 1 heterocycles. The molecule has 0 saturated heterocycles. The van der Waals surface area contributed by atoms with E-state index in [1.807, 2.05) is 18.2 Å². The van der Waals surface area contributed by atoms with Crippen LogP contribution in [0.25, 0.3) is 0 Å². The highest BCUT2D eigenvalue weighted by atomic mass is 32.1. The van der Waals surface area contributed by atoms with Crippen molar-refractivity contribution in [3.05, 3.63) is 40.2 Å². The Labute approximate surface area is 126 Å². The quantitative estimate of drug-likeness (QED) is 0.700. The third-order valence-corrected chi connectivity index (χ3v) is 3.77. The summed E-state index contributed by atoms with van der Waals surface area (Å²) < 4.78 is 2.61. The molecular formula is C14H18N4O2S. The Morgan fingerprint density at radius 2 is 2.10 bits per heavy atom. The third kappa shape index (κ3) is 3.63. The second kappa shape index (κ2) is 6.45. The Hall–Kier alpha value is -2.28. The van der Waals surface area contributed by atoms with E-state index in [1.54, 1.807) is 0 Å². The Morgan fingerprint density at radius 3 is 2.76 bits per heavy atom. The molecule has 0 bridgehead atoms. The molecule has 0 radical (unpaired) electrons. The maximum Gasteiger partial charge on any atom is 0.319 e. The first kappa shape index (κ1) is 15.1. The zero-order chi connectivity index (χ0) is 15.4. The average molecular weight is 306 g/mol. The van der Waals surface area contributed by atoms with Gasteiger partial charge in [0.2, 0.25) is 0 Å². The van der Waals surface area contributed by atoms with E-state index in [1.165, 1.54) is 12.6 Å². The minimum absolute atomic E-state index is 0.217. The Bertz CT molecular complexity index is 690. The normalized spacial score (nSPS) is 10.5. The average Bonchev–Trinajstić information content (AvgIpc) is 2.80. The van der Waals surface area contributed by atoms with Crippen molar-refractivity contribution >= 4 is 33.9 Å². The molecule has 7 heteroatoms. The summed E-state index contributed by atoms with van der Waals surface area (Å²) in [5.41, 5.74) is 1.96. The molecule has 0 spiro atoms. The van der Waals surface area contributed by atoms with Gasteiger partial charge in [-0.25, -0.2) is 4.79 Å². The molecule has 0 saturated carbocycles. The molecule has 0 unspecified atom stereocenters. The molecule has 112 valence electrons. The van der Waals surface area contributed by atoms with Crippen LogP contribution in [-0.2, 0) is 0 Å². The third-order valence-electron chi connectivity index (χ3n) is 2.98. The first-order chi connectivity index (χ1) is 10.0. The molecule has 0 aliphatic carbocycles. The van der Waals surface area contributed by atoms with Gasteiger partial charge in [0.1, 0.15) is 10.7 Å². The summed E-state index contributed by atoms with van der Waals surface area (Å²) in [6.07, 6.45) is 0. The highest BCUT2D eigenvalue weighted by molar-refractivity contribution is 7.11. The van der Waals surface area contributed by atoms with E-state index in [-0.39, 0.29) is 11.2 Å². The molecule has 4 N–H and O–H groups in total. The highest BCUT2D eigenvalue weighted by Gasteiger charge is 2.13. The standard InChI is InChI=1S/C14H18N4O2S/c1-8(2)9-5-4-6-10(7-9)16-13-11(12(19)18-21-13)17-14(20)15-3/h4-8,16H,1-3H3,(H,18,19)(H2,15,17,20). The number of aromatic amines is 1. The summed E-state index contributed by atoms with van der Waals surface area (Å²) in [7, 11) is 1.50. The number of aromatic nitrogens is 1. The smallest absolute Gasteiger partial charge is 0.319 e. The first-order valence-electron chi connectivity index (χ1n) is 6.58. The van der Waals surface area contributed by atoms with E-state index in [0.717, 1.165) is 17.2 Å². The van der Waals surface area contributed by atoms with E-state index in [9.17, 15) is 9.59 Å². The SMILES string of the molecule is CNC(=O)Nc1c(Nc2cccc(C(C)C)c2)s[nH]c1=O. The summed E-state index contributed by atoms with van der Waals surface area (Å²) in [5.74, 6) is 0.417. The molecular weight excluding hydrogens is 288 g/mol. The van der Waals surface area contributed by atoms with Crippen molar-refractivity contribution in [1.29, 1.82) is 0 Å². The van der Waals surface area contributed by atoms with Gasteiger partial charge in [-0.3, -0.25) is 9.17 Å². The van der Waals surface area contributed by atoms with Crippen molar-refractivity contribution in [1.82, 2.24) is 9.69 Å². The van der Waals surface area contributed by atoms with Crippen molar-refractivity contribution in [3.8, 4) is 0 Å². The molecule has 0 atom stereocenters. The highest BCUT2D eigenvalue weighted by Crippen LogP contribution is 2.27. The van der Waals surface area contributed by atoms with Crippen LogP contribution in [0.5, 0.6) is 0 Å². The zero-order valence-electron chi connectivity index (χ0n) is 12.1. The van der Waals surface area contributed by atoms with Gasteiger partial charge in [0.05, 0.1) is 0 Å². The number of urea groups is 1. The van der Waals surface area contributed by atoms with Crippen LogP contribution in [0.3, 0.4) is 0 Å². The van der Waals surface area contributed by atoms with E-state index in [0.29, 0.717) is 10.9 Å². The molecule has 2 amide bonds. The number of H-pyrrole nitrogens is 1. The van der Waals surface area contributed by atoms with Gasteiger partial charge in [-0.2, -0.15) is 0 Å². The van der Waals surface area contributed by atoms with Crippen molar-refractivity contribution in [2.75, 3.05) is 17.7 Å². The van der Waals surface area contributed by atoms with E-state index >= 15 is 0 Å². The van der Waals surface area contributed by atoms with Crippen molar-refractivity contribution < 1.29 is 4.79 Å². The first-order valence-corrected chi connectivity index (χ1v) is 7.40. The molecule has 2 rings (SSSR count).